The monoisotopic (exact) mass is 553 g/mol. The first kappa shape index (κ1) is 21.3. The molecule has 9 heteroatoms. The SMILES string of the molecule is CCOC(=O)c1c(NC(=O)c2cc3cc(Br)cc(Br)c3oc2=O)sc2c1CCCC2. The van der Waals surface area contributed by atoms with Crippen LogP contribution >= 0.6 is 43.2 Å². The second-order valence-electron chi connectivity index (χ2n) is 6.84. The van der Waals surface area contributed by atoms with Crippen molar-refractivity contribution in [3.63, 3.8) is 0 Å². The average Bonchev–Trinajstić information content (AvgIpc) is 3.06. The minimum absolute atomic E-state index is 0.131. The smallest absolute Gasteiger partial charge is 0.349 e. The number of benzene rings is 1. The zero-order chi connectivity index (χ0) is 21.4. The van der Waals surface area contributed by atoms with E-state index < -0.39 is 17.5 Å². The number of carbonyl (C=O) groups is 2. The summed E-state index contributed by atoms with van der Waals surface area (Å²) in [5, 5.41) is 3.76. The molecule has 1 N–H and O–H groups in total. The molecule has 30 heavy (non-hydrogen) atoms. The van der Waals surface area contributed by atoms with Crippen LogP contribution in [-0.2, 0) is 17.6 Å². The highest BCUT2D eigenvalue weighted by Gasteiger charge is 2.28. The second kappa shape index (κ2) is 8.64. The standard InChI is InChI=1S/C21H17Br2NO5S/c1-2-28-21(27)16-12-5-3-4-6-15(12)30-19(16)24-18(25)13-8-10-7-11(22)9-14(23)17(10)29-20(13)26/h7-9H,2-6H2,1H3,(H,24,25). The van der Waals surface area contributed by atoms with Crippen molar-refractivity contribution in [2.45, 2.75) is 32.6 Å². The Kier molecular flexibility index (Phi) is 6.13. The lowest BCUT2D eigenvalue weighted by atomic mass is 9.95. The molecule has 0 aliphatic heterocycles. The summed E-state index contributed by atoms with van der Waals surface area (Å²) in [6, 6.07) is 5.00. The van der Waals surface area contributed by atoms with Gasteiger partial charge in [-0.05, 0) is 72.3 Å². The molecule has 0 bridgehead atoms. The van der Waals surface area contributed by atoms with Crippen LogP contribution in [0.1, 0.15) is 50.9 Å². The summed E-state index contributed by atoms with van der Waals surface area (Å²) in [5.74, 6) is -1.07. The van der Waals surface area contributed by atoms with Gasteiger partial charge in [0.05, 0.1) is 16.6 Å². The van der Waals surface area contributed by atoms with Gasteiger partial charge >= 0.3 is 11.6 Å². The zero-order valence-electron chi connectivity index (χ0n) is 16.0. The molecule has 0 unspecified atom stereocenters. The van der Waals surface area contributed by atoms with E-state index in [0.29, 0.717) is 26.0 Å². The van der Waals surface area contributed by atoms with E-state index in [0.717, 1.165) is 40.6 Å². The molecule has 1 aliphatic carbocycles. The Labute approximate surface area is 192 Å². The van der Waals surface area contributed by atoms with Gasteiger partial charge in [-0.15, -0.1) is 11.3 Å². The maximum atomic E-state index is 13.0. The number of hydrogen-bond acceptors (Lipinski definition) is 6. The summed E-state index contributed by atoms with van der Waals surface area (Å²) in [6.07, 6.45) is 3.67. The lowest BCUT2D eigenvalue weighted by Gasteiger charge is -2.12. The van der Waals surface area contributed by atoms with Gasteiger partial charge in [0, 0.05) is 14.7 Å². The van der Waals surface area contributed by atoms with Crippen LogP contribution in [0.4, 0.5) is 5.00 Å². The van der Waals surface area contributed by atoms with Gasteiger partial charge in [-0.25, -0.2) is 9.59 Å². The highest BCUT2D eigenvalue weighted by Crippen LogP contribution is 2.39. The van der Waals surface area contributed by atoms with Crippen molar-refractivity contribution in [3.8, 4) is 0 Å². The molecular weight excluding hydrogens is 538 g/mol. The Morgan fingerprint density at radius 3 is 2.73 bits per heavy atom. The van der Waals surface area contributed by atoms with E-state index in [1.165, 1.54) is 17.4 Å². The first-order valence-electron chi connectivity index (χ1n) is 9.45. The van der Waals surface area contributed by atoms with Crippen molar-refractivity contribution in [2.24, 2.45) is 0 Å². The largest absolute Gasteiger partial charge is 0.462 e. The number of rotatable bonds is 4. The number of fused-ring (bicyclic) bond motifs is 2. The van der Waals surface area contributed by atoms with E-state index in [-0.39, 0.29) is 12.2 Å². The molecule has 6 nitrogen and oxygen atoms in total. The van der Waals surface area contributed by atoms with Crippen molar-refractivity contribution in [1.29, 1.82) is 0 Å². The molecule has 156 valence electrons. The van der Waals surface area contributed by atoms with Crippen molar-refractivity contribution in [2.75, 3.05) is 11.9 Å². The van der Waals surface area contributed by atoms with Crippen LogP contribution in [0.2, 0.25) is 0 Å². The Bertz CT molecular complexity index is 1230. The van der Waals surface area contributed by atoms with Crippen LogP contribution in [0.3, 0.4) is 0 Å². The number of aryl methyl sites for hydroxylation is 1. The molecule has 0 fully saturated rings. The van der Waals surface area contributed by atoms with Crippen LogP contribution in [0.5, 0.6) is 0 Å². The Morgan fingerprint density at radius 1 is 1.20 bits per heavy atom. The average molecular weight is 555 g/mol. The fourth-order valence-corrected chi connectivity index (χ4v) is 6.17. The Morgan fingerprint density at radius 2 is 1.97 bits per heavy atom. The van der Waals surface area contributed by atoms with Gasteiger partial charge in [0.25, 0.3) is 5.91 Å². The van der Waals surface area contributed by atoms with Gasteiger partial charge in [-0.1, -0.05) is 15.9 Å². The molecule has 1 aromatic carbocycles. The predicted molar refractivity (Wildman–Crippen MR) is 123 cm³/mol. The topological polar surface area (TPSA) is 85.6 Å². The van der Waals surface area contributed by atoms with Gasteiger partial charge in [0.15, 0.2) is 5.58 Å². The van der Waals surface area contributed by atoms with Crippen molar-refractivity contribution < 1.29 is 18.7 Å². The molecule has 2 aromatic heterocycles. The maximum absolute atomic E-state index is 13.0. The summed E-state index contributed by atoms with van der Waals surface area (Å²) in [5.41, 5.74) is 0.827. The predicted octanol–water partition coefficient (Wildman–Crippen LogP) is 5.69. The summed E-state index contributed by atoms with van der Waals surface area (Å²) >= 11 is 8.12. The van der Waals surface area contributed by atoms with Gasteiger partial charge < -0.3 is 14.5 Å². The molecule has 4 rings (SSSR count). The quantitative estimate of drug-likeness (QED) is 0.331. The van der Waals surface area contributed by atoms with Crippen molar-refractivity contribution >= 4 is 71.0 Å². The van der Waals surface area contributed by atoms with E-state index in [1.807, 2.05) is 0 Å². The zero-order valence-corrected chi connectivity index (χ0v) is 20.0. The number of carbonyl (C=O) groups excluding carboxylic acids is 2. The molecular formula is C21H17Br2NO5S. The first-order chi connectivity index (χ1) is 14.4. The first-order valence-corrected chi connectivity index (χ1v) is 11.8. The van der Waals surface area contributed by atoms with Crippen molar-refractivity contribution in [1.82, 2.24) is 0 Å². The minimum Gasteiger partial charge on any atom is -0.462 e. The van der Waals surface area contributed by atoms with Crippen molar-refractivity contribution in [3.05, 3.63) is 59.1 Å². The number of anilines is 1. The van der Waals surface area contributed by atoms with E-state index in [1.54, 1.807) is 19.1 Å². The number of amides is 1. The number of nitrogens with one attached hydrogen (secondary N) is 1. The number of halogens is 2. The Balaban J connectivity index is 1.74. The number of hydrogen-bond donors (Lipinski definition) is 1. The molecule has 1 amide bonds. The molecule has 2 heterocycles. The van der Waals surface area contributed by atoms with Crippen LogP contribution in [-0.4, -0.2) is 18.5 Å². The molecule has 0 saturated carbocycles. The van der Waals surface area contributed by atoms with Crippen LogP contribution in [0.25, 0.3) is 11.0 Å². The van der Waals surface area contributed by atoms with Gasteiger partial charge in [-0.2, -0.15) is 0 Å². The van der Waals surface area contributed by atoms with E-state index >= 15 is 0 Å². The minimum atomic E-state index is -0.748. The lowest BCUT2D eigenvalue weighted by molar-refractivity contribution is 0.0526. The second-order valence-corrected chi connectivity index (χ2v) is 9.72. The summed E-state index contributed by atoms with van der Waals surface area (Å²) in [4.78, 5) is 39.1. The molecule has 1 aliphatic rings. The Hall–Kier alpha value is -1.97. The summed E-state index contributed by atoms with van der Waals surface area (Å²) < 4.78 is 12.0. The highest BCUT2D eigenvalue weighted by atomic mass is 79.9. The molecule has 3 aromatic rings. The maximum Gasteiger partial charge on any atom is 0.349 e. The molecule has 0 atom stereocenters. The highest BCUT2D eigenvalue weighted by molar-refractivity contribution is 9.11. The van der Waals surface area contributed by atoms with Gasteiger partial charge in [0.2, 0.25) is 0 Å². The summed E-state index contributed by atoms with van der Waals surface area (Å²) in [6.45, 7) is 1.99. The third-order valence-corrected chi connectivity index (χ3v) is 7.13. The normalized spacial score (nSPS) is 13.2. The van der Waals surface area contributed by atoms with E-state index in [2.05, 4.69) is 37.2 Å². The van der Waals surface area contributed by atoms with Crippen LogP contribution in [0.15, 0.2) is 36.4 Å². The molecule has 0 spiro atoms. The third kappa shape index (κ3) is 3.98. The summed E-state index contributed by atoms with van der Waals surface area (Å²) in [7, 11) is 0. The molecule has 0 saturated heterocycles. The number of thiophene rings is 1. The molecule has 0 radical (unpaired) electrons. The van der Waals surface area contributed by atoms with E-state index in [9.17, 15) is 14.4 Å². The third-order valence-electron chi connectivity index (χ3n) is 4.87. The van der Waals surface area contributed by atoms with Crippen LogP contribution in [0, 0.1) is 0 Å². The fraction of sp³-hybridized carbons (Fsp3) is 0.286. The fourth-order valence-electron chi connectivity index (χ4n) is 3.56. The number of ether oxygens (including phenoxy) is 1. The van der Waals surface area contributed by atoms with E-state index in [4.69, 9.17) is 9.15 Å². The van der Waals surface area contributed by atoms with Gasteiger partial charge in [0.1, 0.15) is 10.6 Å². The van der Waals surface area contributed by atoms with Crippen LogP contribution < -0.4 is 10.9 Å². The lowest BCUT2D eigenvalue weighted by Crippen LogP contribution is -2.21. The van der Waals surface area contributed by atoms with Gasteiger partial charge in [-0.3, -0.25) is 4.79 Å². The number of esters is 1.